The fourth-order valence-electron chi connectivity index (χ4n) is 3.69. The molecule has 3 N–H and O–H groups in total. The second-order valence-electron chi connectivity index (χ2n) is 8.54. The fraction of sp³-hybridized carbons (Fsp3) is 0.417. The molecule has 32 heavy (non-hydrogen) atoms. The Hall–Kier alpha value is -3.10. The van der Waals surface area contributed by atoms with E-state index in [0.717, 1.165) is 0 Å². The first-order chi connectivity index (χ1) is 15.3. The molecule has 3 rings (SSSR count). The van der Waals surface area contributed by atoms with Crippen molar-refractivity contribution in [1.29, 1.82) is 0 Å². The van der Waals surface area contributed by atoms with Crippen LogP contribution in [0.3, 0.4) is 0 Å². The maximum atomic E-state index is 13.4. The van der Waals surface area contributed by atoms with Crippen molar-refractivity contribution in [2.24, 2.45) is 5.92 Å². The second-order valence-corrected chi connectivity index (χ2v) is 8.54. The van der Waals surface area contributed by atoms with E-state index in [9.17, 15) is 14.7 Å². The van der Waals surface area contributed by atoms with Gasteiger partial charge in [-0.3, -0.25) is 4.79 Å². The third kappa shape index (κ3) is 5.77. The molecule has 1 aliphatic rings. The topological polar surface area (TPSA) is 94.1 Å². The van der Waals surface area contributed by atoms with E-state index in [1.54, 1.807) is 35.2 Å². The predicted octanol–water partition coefficient (Wildman–Crippen LogP) is 3.11. The number of carbonyl (C=O) groups excluding carboxylic acids is 2. The minimum Gasteiger partial charge on any atom is -0.488 e. The van der Waals surface area contributed by atoms with Crippen LogP contribution in [-0.2, 0) is 0 Å². The van der Waals surface area contributed by atoms with Crippen molar-refractivity contribution in [3.63, 3.8) is 0 Å². The quantitative estimate of drug-likeness (QED) is 0.642. The summed E-state index contributed by atoms with van der Waals surface area (Å²) in [5, 5.41) is 15.3. The summed E-state index contributed by atoms with van der Waals surface area (Å²) in [4.78, 5) is 29.5. The molecular weight excluding hydrogens is 408 g/mol. The number of carbonyl (C=O) groups is 2. The number of benzene rings is 2. The largest absolute Gasteiger partial charge is 0.488 e. The van der Waals surface area contributed by atoms with Gasteiger partial charge in [-0.25, -0.2) is 4.79 Å². The number of aliphatic hydroxyl groups excluding tert-OH is 1. The number of amides is 3. The first-order valence-corrected chi connectivity index (χ1v) is 10.8. The molecule has 0 aromatic heterocycles. The van der Waals surface area contributed by atoms with Crippen molar-refractivity contribution in [2.75, 3.05) is 44.4 Å². The molecule has 2 aromatic carbocycles. The van der Waals surface area contributed by atoms with Crippen LogP contribution in [-0.4, -0.2) is 72.8 Å². The van der Waals surface area contributed by atoms with Crippen molar-refractivity contribution in [2.45, 2.75) is 26.0 Å². The molecule has 0 unspecified atom stereocenters. The van der Waals surface area contributed by atoms with E-state index in [0.29, 0.717) is 35.8 Å². The molecule has 1 heterocycles. The van der Waals surface area contributed by atoms with Crippen molar-refractivity contribution < 1.29 is 19.4 Å². The van der Waals surface area contributed by atoms with Gasteiger partial charge in [0.25, 0.3) is 5.91 Å². The fourth-order valence-corrected chi connectivity index (χ4v) is 3.69. The van der Waals surface area contributed by atoms with Gasteiger partial charge in [0, 0.05) is 30.4 Å². The van der Waals surface area contributed by atoms with Gasteiger partial charge in [-0.15, -0.1) is 0 Å². The lowest BCUT2D eigenvalue weighted by Gasteiger charge is -2.37. The highest BCUT2D eigenvalue weighted by atomic mass is 16.5. The summed E-state index contributed by atoms with van der Waals surface area (Å²) in [6.07, 6.45) is -0.134. The molecule has 8 nitrogen and oxygen atoms in total. The monoisotopic (exact) mass is 440 g/mol. The number of para-hydroxylation sites is 1. The standard InChI is InChI=1S/C24H32N4O4/c1-16-13-28(17(2)15-29)23(30)20-12-19(10-11-21(20)32-22(16)14-27(3)4)26-24(31)25-18-8-6-5-7-9-18/h5-12,16-17,22,29H,13-15H2,1-4H3,(H2,25,26,31)/t16-,17-,22+/m0/s1. The summed E-state index contributed by atoms with van der Waals surface area (Å²) >= 11 is 0. The van der Waals surface area contributed by atoms with E-state index in [1.165, 1.54) is 0 Å². The Bertz CT molecular complexity index is 935. The summed E-state index contributed by atoms with van der Waals surface area (Å²) in [5.74, 6) is 0.305. The Morgan fingerprint density at radius 1 is 1.19 bits per heavy atom. The molecule has 172 valence electrons. The molecule has 0 fully saturated rings. The highest BCUT2D eigenvalue weighted by molar-refractivity contribution is 6.02. The molecule has 1 aliphatic heterocycles. The van der Waals surface area contributed by atoms with Gasteiger partial charge in [-0.05, 0) is 51.4 Å². The maximum Gasteiger partial charge on any atom is 0.323 e. The summed E-state index contributed by atoms with van der Waals surface area (Å²) < 4.78 is 6.27. The average molecular weight is 441 g/mol. The zero-order valence-corrected chi connectivity index (χ0v) is 19.0. The van der Waals surface area contributed by atoms with Crippen LogP contribution in [0.5, 0.6) is 5.75 Å². The van der Waals surface area contributed by atoms with Gasteiger partial charge in [0.1, 0.15) is 11.9 Å². The first-order valence-electron chi connectivity index (χ1n) is 10.8. The Morgan fingerprint density at radius 2 is 1.88 bits per heavy atom. The molecule has 0 aliphatic carbocycles. The molecule has 3 amide bonds. The number of rotatable bonds is 6. The zero-order valence-electron chi connectivity index (χ0n) is 19.0. The summed E-state index contributed by atoms with van der Waals surface area (Å²) in [6, 6.07) is 13.4. The third-order valence-electron chi connectivity index (χ3n) is 5.50. The number of hydrogen-bond acceptors (Lipinski definition) is 5. The Morgan fingerprint density at radius 3 is 2.53 bits per heavy atom. The number of ether oxygens (including phenoxy) is 1. The van der Waals surface area contributed by atoms with Crippen molar-refractivity contribution in [3.8, 4) is 5.75 Å². The Balaban J connectivity index is 1.89. The number of anilines is 2. The van der Waals surface area contributed by atoms with Crippen molar-refractivity contribution in [1.82, 2.24) is 9.80 Å². The van der Waals surface area contributed by atoms with Gasteiger partial charge in [0.2, 0.25) is 0 Å². The molecule has 0 spiro atoms. The molecule has 8 heteroatoms. The minimum absolute atomic E-state index is 0.0675. The van der Waals surface area contributed by atoms with Crippen LogP contribution in [0.1, 0.15) is 24.2 Å². The number of hydrogen-bond donors (Lipinski definition) is 3. The van der Waals surface area contributed by atoms with Gasteiger partial charge in [0.15, 0.2) is 0 Å². The molecule has 0 saturated heterocycles. The lowest BCUT2D eigenvalue weighted by molar-refractivity contribution is 0.0363. The smallest absolute Gasteiger partial charge is 0.323 e. The number of urea groups is 1. The molecule has 0 saturated carbocycles. The maximum absolute atomic E-state index is 13.4. The van der Waals surface area contributed by atoms with Crippen LogP contribution in [0.4, 0.5) is 16.2 Å². The van der Waals surface area contributed by atoms with E-state index >= 15 is 0 Å². The van der Waals surface area contributed by atoms with Crippen LogP contribution in [0, 0.1) is 5.92 Å². The van der Waals surface area contributed by atoms with Crippen molar-refractivity contribution in [3.05, 3.63) is 54.1 Å². The Labute approximate surface area is 189 Å². The molecule has 2 aromatic rings. The molecular formula is C24H32N4O4. The first kappa shape index (κ1) is 23.6. The predicted molar refractivity (Wildman–Crippen MR) is 125 cm³/mol. The van der Waals surface area contributed by atoms with E-state index in [2.05, 4.69) is 10.6 Å². The summed E-state index contributed by atoms with van der Waals surface area (Å²) in [7, 11) is 3.96. The van der Waals surface area contributed by atoms with E-state index in [1.807, 2.05) is 51.0 Å². The molecule has 0 bridgehead atoms. The van der Waals surface area contributed by atoms with Gasteiger partial charge < -0.3 is 30.3 Å². The summed E-state index contributed by atoms with van der Waals surface area (Å²) in [6.45, 7) is 4.89. The van der Waals surface area contributed by atoms with E-state index in [-0.39, 0.29) is 30.6 Å². The third-order valence-corrected chi connectivity index (χ3v) is 5.50. The van der Waals surface area contributed by atoms with Crippen LogP contribution in [0.2, 0.25) is 0 Å². The highest BCUT2D eigenvalue weighted by Crippen LogP contribution is 2.30. The van der Waals surface area contributed by atoms with Crippen molar-refractivity contribution >= 4 is 23.3 Å². The average Bonchev–Trinajstić information content (AvgIpc) is 2.76. The van der Waals surface area contributed by atoms with Gasteiger partial charge in [-0.1, -0.05) is 25.1 Å². The second kappa shape index (κ2) is 10.5. The van der Waals surface area contributed by atoms with Crippen LogP contribution in [0.15, 0.2) is 48.5 Å². The van der Waals surface area contributed by atoms with E-state index in [4.69, 9.17) is 4.74 Å². The SMILES string of the molecule is C[C@H]1CN([C@@H](C)CO)C(=O)c2cc(NC(=O)Nc3ccccc3)ccc2O[C@@H]1CN(C)C. The van der Waals surface area contributed by atoms with Crippen LogP contribution < -0.4 is 15.4 Å². The summed E-state index contributed by atoms with van der Waals surface area (Å²) in [5.41, 5.74) is 1.50. The van der Waals surface area contributed by atoms with Gasteiger partial charge >= 0.3 is 6.03 Å². The lowest BCUT2D eigenvalue weighted by atomic mass is 9.99. The molecule has 0 radical (unpaired) electrons. The number of nitrogens with one attached hydrogen (secondary N) is 2. The number of likely N-dealkylation sites (N-methyl/N-ethyl adjacent to an activating group) is 1. The van der Waals surface area contributed by atoms with E-state index < -0.39 is 6.03 Å². The van der Waals surface area contributed by atoms with Gasteiger partial charge in [-0.2, -0.15) is 0 Å². The number of fused-ring (bicyclic) bond motifs is 1. The normalized spacial score (nSPS) is 19.4. The number of aliphatic hydroxyl groups is 1. The van der Waals surface area contributed by atoms with Crippen LogP contribution in [0.25, 0.3) is 0 Å². The number of nitrogens with zero attached hydrogens (tertiary/aromatic N) is 2. The minimum atomic E-state index is -0.407. The Kier molecular flexibility index (Phi) is 7.71. The highest BCUT2D eigenvalue weighted by Gasteiger charge is 2.33. The molecule has 3 atom stereocenters. The van der Waals surface area contributed by atoms with Gasteiger partial charge in [0.05, 0.1) is 18.2 Å². The van der Waals surface area contributed by atoms with Crippen LogP contribution >= 0.6 is 0 Å². The zero-order chi connectivity index (χ0) is 23.3. The lowest BCUT2D eigenvalue weighted by Crippen LogP contribution is -2.49.